The molecule has 0 aromatic carbocycles. The van der Waals surface area contributed by atoms with Crippen LogP contribution in [0, 0.1) is 0 Å². The van der Waals surface area contributed by atoms with E-state index < -0.39 is 0 Å². The molecule has 1 N–H and O–H groups in total. The van der Waals surface area contributed by atoms with Gasteiger partial charge in [-0.2, -0.15) is 5.10 Å². The van der Waals surface area contributed by atoms with Crippen molar-refractivity contribution in [3.8, 4) is 0 Å². The summed E-state index contributed by atoms with van der Waals surface area (Å²) < 4.78 is 1.74. The molecule has 0 radical (unpaired) electrons. The lowest BCUT2D eigenvalue weighted by Crippen LogP contribution is -2.32. The van der Waals surface area contributed by atoms with E-state index in [9.17, 15) is 5.11 Å². The molecule has 90 valence electrons. The van der Waals surface area contributed by atoms with Crippen LogP contribution in [0.5, 0.6) is 0 Å². The molecule has 1 fully saturated rings. The van der Waals surface area contributed by atoms with Gasteiger partial charge in [-0.25, -0.2) is 9.97 Å². The van der Waals surface area contributed by atoms with Crippen LogP contribution >= 0.6 is 0 Å². The maximum atomic E-state index is 9.37. The first-order chi connectivity index (χ1) is 8.31. The maximum Gasteiger partial charge on any atom is 0.163 e. The molecule has 0 spiro atoms. The highest BCUT2D eigenvalue weighted by molar-refractivity contribution is 5.86. The van der Waals surface area contributed by atoms with Crippen LogP contribution in [0.25, 0.3) is 11.0 Å². The van der Waals surface area contributed by atoms with E-state index in [-0.39, 0.29) is 12.6 Å². The molecular formula is C11H15N5O. The third-order valence-electron chi connectivity index (χ3n) is 3.37. The molecule has 1 aliphatic heterocycles. The lowest BCUT2D eigenvalue weighted by molar-refractivity contribution is 0.266. The Hall–Kier alpha value is -1.69. The minimum atomic E-state index is 0.172. The van der Waals surface area contributed by atoms with E-state index >= 15 is 0 Å². The molecule has 0 saturated carbocycles. The van der Waals surface area contributed by atoms with Gasteiger partial charge in [0.1, 0.15) is 12.1 Å². The summed E-state index contributed by atoms with van der Waals surface area (Å²) in [6, 6.07) is 0.174. The Morgan fingerprint density at radius 1 is 1.47 bits per heavy atom. The summed E-state index contributed by atoms with van der Waals surface area (Å²) in [5.74, 6) is 0.889. The van der Waals surface area contributed by atoms with E-state index in [2.05, 4.69) is 20.0 Å². The summed E-state index contributed by atoms with van der Waals surface area (Å²) in [4.78, 5) is 10.7. The fourth-order valence-electron chi connectivity index (χ4n) is 2.48. The van der Waals surface area contributed by atoms with Crippen LogP contribution in [0.3, 0.4) is 0 Å². The normalized spacial score (nSPS) is 20.4. The zero-order chi connectivity index (χ0) is 11.8. The fourth-order valence-corrected chi connectivity index (χ4v) is 2.48. The summed E-state index contributed by atoms with van der Waals surface area (Å²) in [5, 5.41) is 14.5. The van der Waals surface area contributed by atoms with Gasteiger partial charge in [-0.05, 0) is 12.8 Å². The first kappa shape index (κ1) is 10.5. The van der Waals surface area contributed by atoms with Crippen LogP contribution in [0.15, 0.2) is 12.5 Å². The Labute approximate surface area is 98.9 Å². The molecule has 1 aliphatic rings. The molecule has 0 amide bonds. The Morgan fingerprint density at radius 2 is 2.35 bits per heavy atom. The average Bonchev–Trinajstić information content (AvgIpc) is 2.96. The minimum absolute atomic E-state index is 0.172. The smallest absolute Gasteiger partial charge is 0.163 e. The molecular weight excluding hydrogens is 218 g/mol. The summed E-state index contributed by atoms with van der Waals surface area (Å²) in [6.45, 7) is 1.11. The Kier molecular flexibility index (Phi) is 2.44. The Balaban J connectivity index is 2.10. The van der Waals surface area contributed by atoms with Crippen molar-refractivity contribution in [2.75, 3.05) is 18.1 Å². The van der Waals surface area contributed by atoms with Crippen LogP contribution in [0.2, 0.25) is 0 Å². The van der Waals surface area contributed by atoms with Gasteiger partial charge < -0.3 is 10.0 Å². The molecule has 6 heteroatoms. The molecule has 2 aromatic heterocycles. The highest BCUT2D eigenvalue weighted by Crippen LogP contribution is 2.28. The van der Waals surface area contributed by atoms with Crippen LogP contribution in [-0.2, 0) is 7.05 Å². The van der Waals surface area contributed by atoms with Gasteiger partial charge in [-0.15, -0.1) is 0 Å². The van der Waals surface area contributed by atoms with Crippen molar-refractivity contribution >= 4 is 16.9 Å². The number of hydrogen-bond acceptors (Lipinski definition) is 5. The highest BCUT2D eigenvalue weighted by Gasteiger charge is 2.26. The molecule has 2 aromatic rings. The Morgan fingerprint density at radius 3 is 3.18 bits per heavy atom. The second kappa shape index (κ2) is 3.96. The quantitative estimate of drug-likeness (QED) is 0.809. The lowest BCUT2D eigenvalue weighted by atomic mass is 10.2. The van der Waals surface area contributed by atoms with Crippen molar-refractivity contribution in [2.24, 2.45) is 7.05 Å². The molecule has 17 heavy (non-hydrogen) atoms. The van der Waals surface area contributed by atoms with E-state index in [1.165, 1.54) is 0 Å². The number of aromatic nitrogens is 4. The average molecular weight is 233 g/mol. The minimum Gasteiger partial charge on any atom is -0.394 e. The third-order valence-corrected chi connectivity index (χ3v) is 3.37. The van der Waals surface area contributed by atoms with Crippen molar-refractivity contribution < 1.29 is 5.11 Å². The van der Waals surface area contributed by atoms with Crippen molar-refractivity contribution in [1.29, 1.82) is 0 Å². The monoisotopic (exact) mass is 233 g/mol. The molecule has 1 atom stereocenters. The largest absolute Gasteiger partial charge is 0.394 e. The van der Waals surface area contributed by atoms with Crippen LogP contribution in [0.4, 0.5) is 5.82 Å². The van der Waals surface area contributed by atoms with Crippen molar-refractivity contribution in [3.63, 3.8) is 0 Å². The predicted molar refractivity (Wildman–Crippen MR) is 63.8 cm³/mol. The molecule has 0 bridgehead atoms. The van der Waals surface area contributed by atoms with Crippen molar-refractivity contribution in [2.45, 2.75) is 18.9 Å². The predicted octanol–water partition coefficient (Wildman–Crippen LogP) is 0.324. The van der Waals surface area contributed by atoms with E-state index in [4.69, 9.17) is 0 Å². The maximum absolute atomic E-state index is 9.37. The molecule has 6 nitrogen and oxygen atoms in total. The lowest BCUT2D eigenvalue weighted by Gasteiger charge is -2.24. The third kappa shape index (κ3) is 1.56. The number of nitrogens with zero attached hydrogens (tertiary/aromatic N) is 5. The molecule has 0 aliphatic carbocycles. The first-order valence-electron chi connectivity index (χ1n) is 5.81. The van der Waals surface area contributed by atoms with Crippen LogP contribution in [-0.4, -0.2) is 44.0 Å². The van der Waals surface area contributed by atoms with E-state index in [1.807, 2.05) is 7.05 Å². The molecule has 3 rings (SSSR count). The van der Waals surface area contributed by atoms with Gasteiger partial charge in [-0.1, -0.05) is 0 Å². The highest BCUT2D eigenvalue weighted by atomic mass is 16.3. The summed E-state index contributed by atoms with van der Waals surface area (Å²) in [7, 11) is 1.87. The van der Waals surface area contributed by atoms with Gasteiger partial charge in [-0.3, -0.25) is 4.68 Å². The summed E-state index contributed by atoms with van der Waals surface area (Å²) in [6.07, 6.45) is 5.46. The Bertz CT molecular complexity index is 538. The first-order valence-corrected chi connectivity index (χ1v) is 5.81. The molecule has 3 heterocycles. The number of aliphatic hydroxyl groups is 1. The SMILES string of the molecule is Cn1ncc2c(N3CCC[C@H]3CO)ncnc21. The van der Waals surface area contributed by atoms with Gasteiger partial charge in [0, 0.05) is 13.6 Å². The van der Waals surface area contributed by atoms with E-state index in [0.717, 1.165) is 36.2 Å². The van der Waals surface area contributed by atoms with Gasteiger partial charge in [0.25, 0.3) is 0 Å². The number of fused-ring (bicyclic) bond motifs is 1. The second-order valence-electron chi connectivity index (χ2n) is 4.37. The van der Waals surface area contributed by atoms with Crippen molar-refractivity contribution in [3.05, 3.63) is 12.5 Å². The van der Waals surface area contributed by atoms with Gasteiger partial charge >= 0.3 is 0 Å². The topological polar surface area (TPSA) is 67.1 Å². The van der Waals surface area contributed by atoms with Crippen LogP contribution in [0.1, 0.15) is 12.8 Å². The standard InChI is InChI=1S/C11H15N5O/c1-15-10-9(5-14-15)11(13-7-12-10)16-4-2-3-8(16)6-17/h5,7-8,17H,2-4,6H2,1H3/t8-/m0/s1. The number of anilines is 1. The zero-order valence-corrected chi connectivity index (χ0v) is 9.74. The number of rotatable bonds is 2. The van der Waals surface area contributed by atoms with Gasteiger partial charge in [0.2, 0.25) is 0 Å². The fraction of sp³-hybridized carbons (Fsp3) is 0.545. The number of aryl methyl sites for hydroxylation is 1. The second-order valence-corrected chi connectivity index (χ2v) is 4.37. The molecule has 0 unspecified atom stereocenters. The summed E-state index contributed by atoms with van der Waals surface area (Å²) >= 11 is 0. The van der Waals surface area contributed by atoms with Crippen molar-refractivity contribution in [1.82, 2.24) is 19.7 Å². The van der Waals surface area contributed by atoms with Gasteiger partial charge in [0.05, 0.1) is 24.2 Å². The zero-order valence-electron chi connectivity index (χ0n) is 9.74. The van der Waals surface area contributed by atoms with E-state index in [1.54, 1.807) is 17.2 Å². The summed E-state index contributed by atoms with van der Waals surface area (Å²) in [5.41, 5.74) is 0.832. The number of hydrogen-bond donors (Lipinski definition) is 1. The van der Waals surface area contributed by atoms with E-state index in [0.29, 0.717) is 0 Å². The van der Waals surface area contributed by atoms with Gasteiger partial charge in [0.15, 0.2) is 5.65 Å². The number of aliphatic hydroxyl groups excluding tert-OH is 1. The molecule has 1 saturated heterocycles. The van der Waals surface area contributed by atoms with Crippen LogP contribution < -0.4 is 4.90 Å².